The number of thiophene rings is 1. The van der Waals surface area contributed by atoms with Crippen LogP contribution in [0.15, 0.2) is 41.1 Å². The molecule has 0 bridgehead atoms. The third-order valence-electron chi connectivity index (χ3n) is 2.96. The second-order valence-electron chi connectivity index (χ2n) is 4.67. The van der Waals surface area contributed by atoms with Crippen LogP contribution in [0.25, 0.3) is 0 Å². The Morgan fingerprint density at radius 3 is 2.30 bits per heavy atom. The van der Waals surface area contributed by atoms with Crippen LogP contribution in [-0.4, -0.2) is 18.4 Å². The van der Waals surface area contributed by atoms with E-state index >= 15 is 0 Å². The number of carbonyl (C=O) groups is 2. The Kier molecular flexibility index (Phi) is 5.38. The number of benzene rings is 1. The molecule has 0 radical (unpaired) electrons. The highest BCUT2D eigenvalue weighted by molar-refractivity contribution is 7.07. The van der Waals surface area contributed by atoms with Gasteiger partial charge in [0.25, 0.3) is 0 Å². The van der Waals surface area contributed by atoms with Gasteiger partial charge in [-0.2, -0.15) is 24.5 Å². The Balaban J connectivity index is 1.82. The molecule has 0 unspecified atom stereocenters. The number of anilines is 1. The van der Waals surface area contributed by atoms with Gasteiger partial charge >= 0.3 is 18.0 Å². The molecule has 1 aromatic carbocycles. The molecular weight excluding hydrogens is 329 g/mol. The van der Waals surface area contributed by atoms with Gasteiger partial charge in [-0.15, -0.1) is 0 Å². The predicted molar refractivity (Wildman–Crippen MR) is 81.1 cm³/mol. The van der Waals surface area contributed by atoms with Gasteiger partial charge in [0.2, 0.25) is 0 Å². The smallest absolute Gasteiger partial charge is 0.347 e. The first-order valence-electron chi connectivity index (χ1n) is 6.64. The monoisotopic (exact) mass is 342 g/mol. The lowest BCUT2D eigenvalue weighted by atomic mass is 10.2. The summed E-state index contributed by atoms with van der Waals surface area (Å²) in [7, 11) is 0. The summed E-state index contributed by atoms with van der Waals surface area (Å²) in [6, 6.07) is 5.78. The summed E-state index contributed by atoms with van der Waals surface area (Å²) in [5.74, 6) is -1.75. The van der Waals surface area contributed by atoms with Gasteiger partial charge in [-0.1, -0.05) is 0 Å². The third kappa shape index (κ3) is 5.10. The Bertz CT molecular complexity index is 667. The molecule has 0 aliphatic rings. The van der Waals surface area contributed by atoms with Crippen molar-refractivity contribution in [1.29, 1.82) is 0 Å². The number of rotatable bonds is 4. The first-order valence-corrected chi connectivity index (χ1v) is 7.58. The van der Waals surface area contributed by atoms with E-state index in [0.29, 0.717) is 13.0 Å². The Hall–Kier alpha value is -2.35. The van der Waals surface area contributed by atoms with Crippen molar-refractivity contribution in [2.75, 3.05) is 11.9 Å². The van der Waals surface area contributed by atoms with Gasteiger partial charge in [0, 0.05) is 12.2 Å². The van der Waals surface area contributed by atoms with Crippen LogP contribution < -0.4 is 10.6 Å². The maximum absolute atomic E-state index is 12.4. The normalized spacial score (nSPS) is 11.1. The van der Waals surface area contributed by atoms with Crippen molar-refractivity contribution < 1.29 is 22.8 Å². The molecule has 23 heavy (non-hydrogen) atoms. The minimum Gasteiger partial charge on any atom is -0.347 e. The van der Waals surface area contributed by atoms with Gasteiger partial charge in [0.1, 0.15) is 0 Å². The minimum absolute atomic E-state index is 0.121. The number of hydrogen-bond donors (Lipinski definition) is 2. The number of alkyl halides is 3. The highest BCUT2D eigenvalue weighted by atomic mass is 32.1. The highest BCUT2D eigenvalue weighted by Crippen LogP contribution is 2.29. The van der Waals surface area contributed by atoms with Crippen molar-refractivity contribution in [3.8, 4) is 0 Å². The molecule has 4 nitrogen and oxygen atoms in total. The molecule has 122 valence electrons. The first kappa shape index (κ1) is 17.0. The van der Waals surface area contributed by atoms with Crippen LogP contribution in [0.1, 0.15) is 11.1 Å². The van der Waals surface area contributed by atoms with Crippen molar-refractivity contribution in [3.05, 3.63) is 52.2 Å². The first-order chi connectivity index (χ1) is 10.9. The second-order valence-corrected chi connectivity index (χ2v) is 5.45. The standard InChI is InChI=1S/C15H13F3N2O2S/c16-15(17,18)11-1-3-12(4-2-11)20-14(22)13(21)19-7-5-10-6-8-23-9-10/h1-4,6,8-9H,5,7H2,(H,19,21)(H,20,22). The molecule has 0 saturated carbocycles. The van der Waals surface area contributed by atoms with Gasteiger partial charge in [-0.25, -0.2) is 0 Å². The lowest BCUT2D eigenvalue weighted by molar-refractivity contribution is -0.137. The molecule has 0 aliphatic heterocycles. The number of hydrogen-bond acceptors (Lipinski definition) is 3. The number of nitrogens with one attached hydrogen (secondary N) is 2. The summed E-state index contributed by atoms with van der Waals surface area (Å²) in [5, 5.41) is 8.55. The van der Waals surface area contributed by atoms with E-state index in [2.05, 4.69) is 10.6 Å². The van der Waals surface area contributed by atoms with E-state index in [1.165, 1.54) is 11.3 Å². The zero-order chi connectivity index (χ0) is 16.9. The summed E-state index contributed by atoms with van der Waals surface area (Å²) < 4.78 is 37.2. The fourth-order valence-corrected chi connectivity index (χ4v) is 2.47. The van der Waals surface area contributed by atoms with Gasteiger partial charge in [-0.05, 0) is 53.1 Å². The van der Waals surface area contributed by atoms with Crippen molar-refractivity contribution in [2.24, 2.45) is 0 Å². The maximum atomic E-state index is 12.4. The topological polar surface area (TPSA) is 58.2 Å². The van der Waals surface area contributed by atoms with Crippen molar-refractivity contribution in [2.45, 2.75) is 12.6 Å². The lowest BCUT2D eigenvalue weighted by Gasteiger charge is -2.09. The van der Waals surface area contributed by atoms with Crippen LogP contribution >= 0.6 is 11.3 Å². The van der Waals surface area contributed by atoms with Crippen LogP contribution in [0, 0.1) is 0 Å². The van der Waals surface area contributed by atoms with Gasteiger partial charge in [0.15, 0.2) is 0 Å². The van der Waals surface area contributed by atoms with E-state index in [0.717, 1.165) is 29.8 Å². The quantitative estimate of drug-likeness (QED) is 0.839. The largest absolute Gasteiger partial charge is 0.416 e. The number of carbonyl (C=O) groups excluding carboxylic acids is 2. The third-order valence-corrected chi connectivity index (χ3v) is 3.69. The summed E-state index contributed by atoms with van der Waals surface area (Å²) in [4.78, 5) is 23.2. The molecule has 0 fully saturated rings. The Labute approximate surface area is 134 Å². The summed E-state index contributed by atoms with van der Waals surface area (Å²) in [5.41, 5.74) is 0.352. The summed E-state index contributed by atoms with van der Waals surface area (Å²) in [6.07, 6.45) is -3.84. The molecule has 0 aliphatic carbocycles. The van der Waals surface area contributed by atoms with Gasteiger partial charge < -0.3 is 10.6 Å². The SMILES string of the molecule is O=C(NCCc1ccsc1)C(=O)Nc1ccc(C(F)(F)F)cc1. The summed E-state index contributed by atoms with van der Waals surface area (Å²) in [6.45, 7) is 0.302. The maximum Gasteiger partial charge on any atom is 0.416 e. The van der Waals surface area contributed by atoms with Crippen molar-refractivity contribution in [3.63, 3.8) is 0 Å². The molecule has 2 N–H and O–H groups in total. The lowest BCUT2D eigenvalue weighted by Crippen LogP contribution is -2.36. The molecule has 0 saturated heterocycles. The van der Waals surface area contributed by atoms with Gasteiger partial charge in [-0.3, -0.25) is 9.59 Å². The molecular formula is C15H13F3N2O2S. The highest BCUT2D eigenvalue weighted by Gasteiger charge is 2.30. The number of amides is 2. The van der Waals surface area contributed by atoms with Crippen LogP contribution in [0.3, 0.4) is 0 Å². The van der Waals surface area contributed by atoms with Crippen LogP contribution in [-0.2, 0) is 22.2 Å². The molecule has 2 aromatic rings. The fraction of sp³-hybridized carbons (Fsp3) is 0.200. The minimum atomic E-state index is -4.44. The Morgan fingerprint density at radius 2 is 1.74 bits per heavy atom. The van der Waals surface area contributed by atoms with E-state index in [9.17, 15) is 22.8 Å². The van der Waals surface area contributed by atoms with E-state index in [4.69, 9.17) is 0 Å². The molecule has 1 aromatic heterocycles. The average molecular weight is 342 g/mol. The summed E-state index contributed by atoms with van der Waals surface area (Å²) >= 11 is 1.54. The van der Waals surface area contributed by atoms with E-state index < -0.39 is 23.6 Å². The van der Waals surface area contributed by atoms with Crippen LogP contribution in [0.5, 0.6) is 0 Å². The molecule has 2 rings (SSSR count). The molecule has 1 heterocycles. The average Bonchev–Trinajstić information content (AvgIpc) is 3.00. The molecule has 8 heteroatoms. The van der Waals surface area contributed by atoms with Crippen molar-refractivity contribution in [1.82, 2.24) is 5.32 Å². The predicted octanol–water partition coefficient (Wildman–Crippen LogP) is 3.06. The van der Waals surface area contributed by atoms with Crippen LogP contribution in [0.4, 0.5) is 18.9 Å². The van der Waals surface area contributed by atoms with Gasteiger partial charge in [0.05, 0.1) is 5.56 Å². The number of halogens is 3. The zero-order valence-electron chi connectivity index (χ0n) is 11.8. The Morgan fingerprint density at radius 1 is 1.04 bits per heavy atom. The molecule has 2 amide bonds. The molecule has 0 spiro atoms. The van der Waals surface area contributed by atoms with Crippen molar-refractivity contribution >= 4 is 28.8 Å². The van der Waals surface area contributed by atoms with E-state index in [1.807, 2.05) is 16.8 Å². The van der Waals surface area contributed by atoms with E-state index in [1.54, 1.807) is 0 Å². The molecule has 0 atom stereocenters. The second kappa shape index (κ2) is 7.28. The fourth-order valence-electron chi connectivity index (χ4n) is 1.77. The van der Waals surface area contributed by atoms with E-state index in [-0.39, 0.29) is 5.69 Å². The van der Waals surface area contributed by atoms with Crippen LogP contribution in [0.2, 0.25) is 0 Å². The zero-order valence-corrected chi connectivity index (χ0v) is 12.6.